The minimum atomic E-state index is -0.126. The maximum absolute atomic E-state index is 13.1. The molecule has 2 aliphatic rings. The number of nitrogens with zero attached hydrogens (tertiary/aromatic N) is 5. The van der Waals surface area contributed by atoms with E-state index >= 15 is 0 Å². The molecule has 166 valence electrons. The monoisotopic (exact) mass is 424 g/mol. The molecule has 0 bridgehead atoms. The topological polar surface area (TPSA) is 93.0 Å². The summed E-state index contributed by atoms with van der Waals surface area (Å²) in [5.74, 6) is 0.313. The van der Waals surface area contributed by atoms with Crippen molar-refractivity contribution in [1.29, 1.82) is 0 Å². The molecular formula is C23H32N6O2. The van der Waals surface area contributed by atoms with Crippen molar-refractivity contribution in [3.8, 4) is 11.4 Å². The number of tetrazole rings is 1. The summed E-state index contributed by atoms with van der Waals surface area (Å²) in [6, 6.07) is 8.24. The van der Waals surface area contributed by atoms with Gasteiger partial charge in [0.2, 0.25) is 17.6 Å². The Morgan fingerprint density at radius 3 is 2.42 bits per heavy atom. The second-order valence-corrected chi connectivity index (χ2v) is 8.87. The molecule has 2 aliphatic carbocycles. The van der Waals surface area contributed by atoms with Crippen LogP contribution >= 0.6 is 0 Å². The SMILES string of the molecule is Cc1ccc(-c2nnn(CC(=O)N(CC(=O)NC3CCCCC3)C3CCCC3)n2)cc1. The molecule has 2 amide bonds. The van der Waals surface area contributed by atoms with Gasteiger partial charge in [0, 0.05) is 17.6 Å². The third-order valence-electron chi connectivity index (χ3n) is 6.41. The third kappa shape index (κ3) is 5.68. The predicted molar refractivity (Wildman–Crippen MR) is 117 cm³/mol. The number of aryl methyl sites for hydroxylation is 1. The highest BCUT2D eigenvalue weighted by Gasteiger charge is 2.29. The fourth-order valence-electron chi connectivity index (χ4n) is 4.65. The molecule has 0 atom stereocenters. The molecule has 4 rings (SSSR count). The highest BCUT2D eigenvalue weighted by atomic mass is 16.2. The molecule has 8 nitrogen and oxygen atoms in total. The van der Waals surface area contributed by atoms with Crippen LogP contribution in [-0.2, 0) is 16.1 Å². The number of benzene rings is 1. The Morgan fingerprint density at radius 1 is 1.03 bits per heavy atom. The van der Waals surface area contributed by atoms with E-state index in [1.165, 1.54) is 11.2 Å². The molecular weight excluding hydrogens is 392 g/mol. The Kier molecular flexibility index (Phi) is 6.94. The maximum Gasteiger partial charge on any atom is 0.246 e. The van der Waals surface area contributed by atoms with E-state index in [1.54, 1.807) is 4.90 Å². The van der Waals surface area contributed by atoms with Crippen LogP contribution in [0.25, 0.3) is 11.4 Å². The summed E-state index contributed by atoms with van der Waals surface area (Å²) < 4.78 is 0. The van der Waals surface area contributed by atoms with Crippen LogP contribution in [-0.4, -0.2) is 55.5 Å². The average Bonchev–Trinajstić information content (AvgIpc) is 3.46. The molecule has 2 aromatic rings. The maximum atomic E-state index is 13.1. The number of aromatic nitrogens is 4. The van der Waals surface area contributed by atoms with Crippen molar-refractivity contribution >= 4 is 11.8 Å². The molecule has 0 aliphatic heterocycles. The second kappa shape index (κ2) is 10.0. The molecule has 0 unspecified atom stereocenters. The van der Waals surface area contributed by atoms with Crippen molar-refractivity contribution in [2.45, 2.75) is 83.3 Å². The van der Waals surface area contributed by atoms with Gasteiger partial charge in [0.25, 0.3) is 0 Å². The van der Waals surface area contributed by atoms with Crippen LogP contribution in [0.5, 0.6) is 0 Å². The van der Waals surface area contributed by atoms with E-state index in [2.05, 4.69) is 20.7 Å². The molecule has 1 aromatic carbocycles. The average molecular weight is 425 g/mol. The van der Waals surface area contributed by atoms with Crippen molar-refractivity contribution < 1.29 is 9.59 Å². The highest BCUT2D eigenvalue weighted by Crippen LogP contribution is 2.24. The summed E-state index contributed by atoms with van der Waals surface area (Å²) in [7, 11) is 0. The number of hydrogen-bond acceptors (Lipinski definition) is 5. The minimum absolute atomic E-state index is 0.00787. The summed E-state index contributed by atoms with van der Waals surface area (Å²) in [5.41, 5.74) is 2.02. The molecule has 1 aromatic heterocycles. The number of carbonyl (C=O) groups excluding carboxylic acids is 2. The first-order valence-corrected chi connectivity index (χ1v) is 11.5. The molecule has 1 heterocycles. The summed E-state index contributed by atoms with van der Waals surface area (Å²) in [5, 5.41) is 15.7. The van der Waals surface area contributed by atoms with Gasteiger partial charge in [-0.05, 0) is 37.8 Å². The Hall–Kier alpha value is -2.77. The smallest absolute Gasteiger partial charge is 0.246 e. The number of nitrogens with one attached hydrogen (secondary N) is 1. The lowest BCUT2D eigenvalue weighted by atomic mass is 9.95. The van der Waals surface area contributed by atoms with Gasteiger partial charge in [-0.1, -0.05) is 61.9 Å². The van der Waals surface area contributed by atoms with Gasteiger partial charge in [-0.25, -0.2) is 0 Å². The normalized spacial score (nSPS) is 17.6. The summed E-state index contributed by atoms with van der Waals surface area (Å²) in [6.07, 6.45) is 9.73. The van der Waals surface area contributed by atoms with Gasteiger partial charge in [-0.2, -0.15) is 4.80 Å². The van der Waals surface area contributed by atoms with Crippen molar-refractivity contribution in [2.24, 2.45) is 0 Å². The van der Waals surface area contributed by atoms with Gasteiger partial charge in [0.1, 0.15) is 6.54 Å². The van der Waals surface area contributed by atoms with Gasteiger partial charge in [-0.3, -0.25) is 9.59 Å². The van der Waals surface area contributed by atoms with Crippen LogP contribution < -0.4 is 5.32 Å². The largest absolute Gasteiger partial charge is 0.352 e. The number of carbonyl (C=O) groups is 2. The third-order valence-corrected chi connectivity index (χ3v) is 6.41. The van der Waals surface area contributed by atoms with Gasteiger partial charge in [-0.15, -0.1) is 10.2 Å². The van der Waals surface area contributed by atoms with E-state index < -0.39 is 0 Å². The molecule has 0 saturated heterocycles. The van der Waals surface area contributed by atoms with E-state index in [0.717, 1.165) is 62.5 Å². The Labute approximate surface area is 183 Å². The van der Waals surface area contributed by atoms with Crippen LogP contribution in [0.15, 0.2) is 24.3 Å². The first-order valence-electron chi connectivity index (χ1n) is 11.5. The zero-order valence-corrected chi connectivity index (χ0v) is 18.3. The van der Waals surface area contributed by atoms with Crippen molar-refractivity contribution in [3.05, 3.63) is 29.8 Å². The number of amides is 2. The van der Waals surface area contributed by atoms with E-state index in [9.17, 15) is 9.59 Å². The zero-order chi connectivity index (χ0) is 21.6. The summed E-state index contributed by atoms with van der Waals surface area (Å²) in [4.78, 5) is 28.9. The lowest BCUT2D eigenvalue weighted by molar-refractivity contribution is -0.139. The molecule has 1 N–H and O–H groups in total. The van der Waals surface area contributed by atoms with E-state index in [0.29, 0.717) is 5.82 Å². The van der Waals surface area contributed by atoms with Crippen LogP contribution in [0.2, 0.25) is 0 Å². The summed E-state index contributed by atoms with van der Waals surface area (Å²) >= 11 is 0. The van der Waals surface area contributed by atoms with Gasteiger partial charge in [0.05, 0.1) is 6.54 Å². The Bertz CT molecular complexity index is 882. The molecule has 31 heavy (non-hydrogen) atoms. The van der Waals surface area contributed by atoms with E-state index in [4.69, 9.17) is 0 Å². The Morgan fingerprint density at radius 2 is 1.71 bits per heavy atom. The zero-order valence-electron chi connectivity index (χ0n) is 18.3. The second-order valence-electron chi connectivity index (χ2n) is 8.87. The van der Waals surface area contributed by atoms with E-state index in [1.807, 2.05) is 31.2 Å². The molecule has 0 spiro atoms. The van der Waals surface area contributed by atoms with Crippen molar-refractivity contribution in [3.63, 3.8) is 0 Å². The molecule has 8 heteroatoms. The Balaban J connectivity index is 1.40. The first kappa shape index (κ1) is 21.5. The minimum Gasteiger partial charge on any atom is -0.352 e. The number of hydrogen-bond donors (Lipinski definition) is 1. The fourth-order valence-corrected chi connectivity index (χ4v) is 4.65. The summed E-state index contributed by atoms with van der Waals surface area (Å²) in [6.45, 7) is 2.13. The standard InChI is InChI=1S/C23H32N6O2/c1-17-11-13-18(14-12-17)23-25-27-29(26-23)16-22(31)28(20-9-5-6-10-20)15-21(30)24-19-7-3-2-4-8-19/h11-14,19-20H,2-10,15-16H2,1H3,(H,24,30). The van der Waals surface area contributed by atoms with Crippen LogP contribution in [0, 0.1) is 6.92 Å². The predicted octanol–water partition coefficient (Wildman–Crippen LogP) is 2.87. The van der Waals surface area contributed by atoms with Crippen molar-refractivity contribution in [1.82, 2.24) is 30.4 Å². The molecule has 2 saturated carbocycles. The van der Waals surface area contributed by atoms with Crippen LogP contribution in [0.3, 0.4) is 0 Å². The number of rotatable bonds is 7. The molecule has 0 radical (unpaired) electrons. The lowest BCUT2D eigenvalue weighted by Gasteiger charge is -2.30. The van der Waals surface area contributed by atoms with Gasteiger partial charge >= 0.3 is 0 Å². The highest BCUT2D eigenvalue weighted by molar-refractivity contribution is 5.85. The van der Waals surface area contributed by atoms with Gasteiger partial charge in [0.15, 0.2) is 0 Å². The first-order chi connectivity index (χ1) is 15.1. The quantitative estimate of drug-likeness (QED) is 0.738. The van der Waals surface area contributed by atoms with Crippen molar-refractivity contribution in [2.75, 3.05) is 6.54 Å². The molecule has 2 fully saturated rings. The lowest BCUT2D eigenvalue weighted by Crippen LogP contribution is -2.49. The van der Waals surface area contributed by atoms with Gasteiger partial charge < -0.3 is 10.2 Å². The van der Waals surface area contributed by atoms with E-state index in [-0.39, 0.29) is 37.0 Å². The van der Waals surface area contributed by atoms with Crippen LogP contribution in [0.1, 0.15) is 63.4 Å². The fraction of sp³-hybridized carbons (Fsp3) is 0.609. The van der Waals surface area contributed by atoms with Crippen LogP contribution in [0.4, 0.5) is 0 Å².